The Bertz CT molecular complexity index is 1910. The standard InChI is InChI=1S/C32H34F4N8OS/c1-42(2)31(6-4-7-31)15-43(3)29-20-13-39-25(18-10-21(34)23(35)27-22(18)19(12-37)28(38)46-27)24(36)26(20)40-30(41-29)45-16-32-8-5-9-44(32)14-17(33)11-32/h10,13,17H,4-9,11,14-16,38H2,1-3H3/t17-,32+/m1/s1. The summed E-state index contributed by atoms with van der Waals surface area (Å²) in [6.45, 7) is 1.88. The topological polar surface area (TPSA) is 107 Å². The lowest BCUT2D eigenvalue weighted by Crippen LogP contribution is -2.56. The average molecular weight is 655 g/mol. The summed E-state index contributed by atoms with van der Waals surface area (Å²) in [5.74, 6) is -2.90. The number of nitrogen functional groups attached to an aromatic ring is 1. The number of hydrogen-bond donors (Lipinski definition) is 1. The summed E-state index contributed by atoms with van der Waals surface area (Å²) in [5.41, 5.74) is 4.76. The number of thiophene rings is 1. The highest BCUT2D eigenvalue weighted by Crippen LogP contribution is 2.44. The van der Waals surface area contributed by atoms with Crippen molar-refractivity contribution in [2.45, 2.75) is 55.8 Å². The van der Waals surface area contributed by atoms with Crippen LogP contribution in [0.4, 0.5) is 28.4 Å². The zero-order valence-corrected chi connectivity index (χ0v) is 26.7. The quantitative estimate of drug-likeness (QED) is 0.241. The zero-order valence-electron chi connectivity index (χ0n) is 25.8. The fourth-order valence-electron chi connectivity index (χ4n) is 7.59. The summed E-state index contributed by atoms with van der Waals surface area (Å²) >= 11 is 0.715. The minimum absolute atomic E-state index is 0.0139. The Morgan fingerprint density at radius 1 is 1.15 bits per heavy atom. The van der Waals surface area contributed by atoms with Crippen molar-refractivity contribution in [3.05, 3.63) is 35.3 Å². The van der Waals surface area contributed by atoms with E-state index in [-0.39, 0.29) is 55.6 Å². The Balaban J connectivity index is 1.37. The van der Waals surface area contributed by atoms with Crippen LogP contribution < -0.4 is 15.4 Å². The first kappa shape index (κ1) is 30.8. The largest absolute Gasteiger partial charge is 0.461 e. The normalized spacial score (nSPS) is 22.4. The maximum absolute atomic E-state index is 16.7. The molecule has 0 spiro atoms. The number of benzene rings is 1. The van der Waals surface area contributed by atoms with Crippen molar-refractivity contribution in [2.24, 2.45) is 0 Å². The molecular weight excluding hydrogens is 620 g/mol. The van der Waals surface area contributed by atoms with E-state index in [4.69, 9.17) is 15.5 Å². The van der Waals surface area contributed by atoms with Gasteiger partial charge in [-0.2, -0.15) is 15.2 Å². The Morgan fingerprint density at radius 3 is 2.63 bits per heavy atom. The molecule has 2 saturated heterocycles. The number of aromatic nitrogens is 3. The van der Waals surface area contributed by atoms with Crippen molar-refractivity contribution in [3.8, 4) is 23.3 Å². The number of nitriles is 1. The smallest absolute Gasteiger partial charge is 0.319 e. The fraction of sp³-hybridized carbons (Fsp3) is 0.500. The number of halogens is 4. The lowest BCUT2D eigenvalue weighted by Gasteiger charge is -2.49. The van der Waals surface area contributed by atoms with Gasteiger partial charge in [0.15, 0.2) is 17.5 Å². The second-order valence-corrected chi connectivity index (χ2v) is 14.1. The summed E-state index contributed by atoms with van der Waals surface area (Å²) in [5, 5.41) is 10.0. The van der Waals surface area contributed by atoms with E-state index < -0.39 is 29.2 Å². The van der Waals surface area contributed by atoms with Gasteiger partial charge in [0.1, 0.15) is 40.9 Å². The Kier molecular flexibility index (Phi) is 7.49. The van der Waals surface area contributed by atoms with Gasteiger partial charge in [0.2, 0.25) is 0 Å². The molecule has 3 aromatic heterocycles. The van der Waals surface area contributed by atoms with Crippen LogP contribution in [-0.4, -0.2) is 89.4 Å². The Morgan fingerprint density at radius 2 is 1.93 bits per heavy atom. The molecule has 0 bridgehead atoms. The minimum Gasteiger partial charge on any atom is -0.461 e. The number of rotatable bonds is 8. The predicted octanol–water partition coefficient (Wildman–Crippen LogP) is 5.65. The van der Waals surface area contributed by atoms with Crippen LogP contribution in [-0.2, 0) is 0 Å². The first-order valence-electron chi connectivity index (χ1n) is 15.3. The Labute approximate surface area is 267 Å². The van der Waals surface area contributed by atoms with Crippen molar-refractivity contribution < 1.29 is 22.3 Å². The highest BCUT2D eigenvalue weighted by Gasteiger charge is 2.49. The maximum atomic E-state index is 16.7. The number of pyridine rings is 1. The number of ether oxygens (including phenoxy) is 1. The van der Waals surface area contributed by atoms with E-state index in [9.17, 15) is 18.4 Å². The number of anilines is 2. The lowest BCUT2D eigenvalue weighted by molar-refractivity contribution is 0.0681. The number of nitrogens with zero attached hydrogens (tertiary/aromatic N) is 7. The van der Waals surface area contributed by atoms with Gasteiger partial charge < -0.3 is 20.3 Å². The molecule has 14 heteroatoms. The van der Waals surface area contributed by atoms with Crippen LogP contribution in [0.5, 0.6) is 6.01 Å². The molecule has 2 N–H and O–H groups in total. The molecule has 242 valence electrons. The first-order valence-corrected chi connectivity index (χ1v) is 16.2. The van der Waals surface area contributed by atoms with Crippen molar-refractivity contribution in [1.29, 1.82) is 5.26 Å². The van der Waals surface area contributed by atoms with E-state index in [0.29, 0.717) is 42.1 Å². The van der Waals surface area contributed by atoms with Crippen LogP contribution in [0.2, 0.25) is 0 Å². The van der Waals surface area contributed by atoms with E-state index in [2.05, 4.69) is 19.8 Å². The molecule has 9 nitrogen and oxygen atoms in total. The van der Waals surface area contributed by atoms with Crippen LogP contribution in [0.15, 0.2) is 12.3 Å². The van der Waals surface area contributed by atoms with Gasteiger partial charge in [-0.3, -0.25) is 9.88 Å². The molecular formula is C32H34F4N8OS. The van der Waals surface area contributed by atoms with E-state index in [0.717, 1.165) is 44.7 Å². The van der Waals surface area contributed by atoms with E-state index in [1.54, 1.807) is 0 Å². The van der Waals surface area contributed by atoms with Gasteiger partial charge in [-0.25, -0.2) is 17.6 Å². The van der Waals surface area contributed by atoms with E-state index >= 15 is 4.39 Å². The molecule has 3 fully saturated rings. The molecule has 0 unspecified atom stereocenters. The zero-order chi connectivity index (χ0) is 32.5. The van der Waals surface area contributed by atoms with Crippen LogP contribution in [0.1, 0.15) is 44.1 Å². The number of alkyl halides is 1. The summed E-state index contributed by atoms with van der Waals surface area (Å²) < 4.78 is 66.8. The molecule has 1 saturated carbocycles. The van der Waals surface area contributed by atoms with Crippen LogP contribution in [0.3, 0.4) is 0 Å². The van der Waals surface area contributed by atoms with Gasteiger partial charge >= 0.3 is 6.01 Å². The fourth-order valence-corrected chi connectivity index (χ4v) is 8.56. The highest BCUT2D eigenvalue weighted by molar-refractivity contribution is 7.23. The summed E-state index contributed by atoms with van der Waals surface area (Å²) in [4.78, 5) is 19.8. The third kappa shape index (κ3) is 4.74. The summed E-state index contributed by atoms with van der Waals surface area (Å²) in [7, 11) is 5.94. The van der Waals surface area contributed by atoms with Gasteiger partial charge in [-0.05, 0) is 58.8 Å². The second-order valence-electron chi connectivity index (χ2n) is 13.1. The number of likely N-dealkylation sites (N-methyl/N-ethyl adjacent to an activating group) is 2. The third-order valence-electron chi connectivity index (χ3n) is 10.3. The molecule has 2 aliphatic heterocycles. The van der Waals surface area contributed by atoms with Crippen LogP contribution >= 0.6 is 11.3 Å². The van der Waals surface area contributed by atoms with E-state index in [1.807, 2.05) is 32.1 Å². The van der Waals surface area contributed by atoms with Gasteiger partial charge in [0.25, 0.3) is 0 Å². The SMILES string of the molecule is CN(CC1(N(C)C)CCC1)c1nc(OC[C@@]23CCCN2C[C@H](F)C3)nc2c(F)c(-c3cc(F)c(F)c4sc(N)c(C#N)c34)ncc12. The molecule has 4 aromatic rings. The predicted molar refractivity (Wildman–Crippen MR) is 169 cm³/mol. The minimum atomic E-state index is -1.22. The molecule has 1 aromatic carbocycles. The molecule has 5 heterocycles. The average Bonchev–Trinajstić information content (AvgIpc) is 3.64. The van der Waals surface area contributed by atoms with Crippen LogP contribution in [0, 0.1) is 28.8 Å². The van der Waals surface area contributed by atoms with Gasteiger partial charge in [0.05, 0.1) is 21.2 Å². The summed E-state index contributed by atoms with van der Waals surface area (Å²) in [6.07, 6.45) is 5.59. The van der Waals surface area contributed by atoms with Gasteiger partial charge in [-0.1, -0.05) is 0 Å². The second kappa shape index (κ2) is 11.2. The molecule has 0 radical (unpaired) electrons. The molecule has 0 amide bonds. The van der Waals surface area contributed by atoms with Crippen molar-refractivity contribution in [1.82, 2.24) is 24.8 Å². The molecule has 46 heavy (non-hydrogen) atoms. The molecule has 2 atom stereocenters. The van der Waals surface area contributed by atoms with Gasteiger partial charge in [-0.15, -0.1) is 11.3 Å². The van der Waals surface area contributed by atoms with Crippen molar-refractivity contribution in [3.63, 3.8) is 0 Å². The summed E-state index contributed by atoms with van der Waals surface area (Å²) in [6, 6.07) is 2.68. The molecule has 1 aliphatic carbocycles. The number of hydrogen-bond acceptors (Lipinski definition) is 10. The number of nitrogens with two attached hydrogens (primary N) is 1. The monoisotopic (exact) mass is 654 g/mol. The van der Waals surface area contributed by atoms with Crippen molar-refractivity contribution >= 4 is 43.1 Å². The Hall–Kier alpha value is -3.80. The van der Waals surface area contributed by atoms with Crippen LogP contribution in [0.25, 0.3) is 32.2 Å². The third-order valence-corrected chi connectivity index (χ3v) is 11.3. The first-order chi connectivity index (χ1) is 22.0. The lowest BCUT2D eigenvalue weighted by atomic mass is 9.75. The molecule has 7 rings (SSSR count). The van der Waals surface area contributed by atoms with Gasteiger partial charge in [0, 0.05) is 49.2 Å². The highest BCUT2D eigenvalue weighted by atomic mass is 32.1. The van der Waals surface area contributed by atoms with Crippen molar-refractivity contribution in [2.75, 3.05) is 58.0 Å². The number of fused-ring (bicyclic) bond motifs is 3. The molecule has 3 aliphatic rings. The maximum Gasteiger partial charge on any atom is 0.319 e. The van der Waals surface area contributed by atoms with E-state index in [1.165, 1.54) is 6.20 Å².